The van der Waals surface area contributed by atoms with Gasteiger partial charge in [-0.2, -0.15) is 0 Å². The van der Waals surface area contributed by atoms with Crippen LogP contribution in [0.1, 0.15) is 23.1 Å². The van der Waals surface area contributed by atoms with E-state index in [2.05, 4.69) is 31.2 Å². The molecule has 1 amide bonds. The lowest BCUT2D eigenvalue weighted by Gasteiger charge is -2.06. The molecule has 0 aliphatic carbocycles. The number of benzene rings is 1. The van der Waals surface area contributed by atoms with Crippen LogP contribution in [-0.2, 0) is 6.42 Å². The van der Waals surface area contributed by atoms with Gasteiger partial charge in [0, 0.05) is 10.2 Å². The van der Waals surface area contributed by atoms with E-state index in [1.807, 2.05) is 31.2 Å². The minimum atomic E-state index is -0.237. The molecule has 0 radical (unpaired) electrons. The van der Waals surface area contributed by atoms with E-state index in [9.17, 15) is 4.79 Å². The number of rotatable bonds is 3. The van der Waals surface area contributed by atoms with E-state index in [1.165, 1.54) is 6.33 Å². The van der Waals surface area contributed by atoms with Crippen molar-refractivity contribution in [3.63, 3.8) is 0 Å². The van der Waals surface area contributed by atoms with Crippen LogP contribution in [0.3, 0.4) is 0 Å². The highest BCUT2D eigenvalue weighted by Gasteiger charge is 2.09. The Balaban J connectivity index is 2.19. The van der Waals surface area contributed by atoms with Crippen LogP contribution in [0, 0.1) is 0 Å². The Hall–Kier alpha value is -1.75. The number of anilines is 1. The molecule has 4 nitrogen and oxygen atoms in total. The number of nitrogens with one attached hydrogen (secondary N) is 1. The molecule has 0 bridgehead atoms. The Morgan fingerprint density at radius 3 is 2.83 bits per heavy atom. The van der Waals surface area contributed by atoms with Crippen molar-refractivity contribution in [3.8, 4) is 0 Å². The summed E-state index contributed by atoms with van der Waals surface area (Å²) in [4.78, 5) is 20.1. The molecule has 2 aromatic rings. The first-order chi connectivity index (χ1) is 8.70. The van der Waals surface area contributed by atoms with Crippen LogP contribution < -0.4 is 5.32 Å². The first-order valence-corrected chi connectivity index (χ1v) is 6.37. The molecule has 5 heteroatoms. The standard InChI is InChI=1S/C13H12BrN3O/c1-2-9-7-12(16-8-15-9)13(18)17-11-6-4-3-5-10(11)14/h3-8H,2H2,1H3,(H,17,18). The smallest absolute Gasteiger partial charge is 0.274 e. The first kappa shape index (κ1) is 12.7. The molecular weight excluding hydrogens is 294 g/mol. The van der Waals surface area contributed by atoms with Crippen molar-refractivity contribution in [2.75, 3.05) is 5.32 Å². The van der Waals surface area contributed by atoms with Crippen LogP contribution in [-0.4, -0.2) is 15.9 Å². The zero-order chi connectivity index (χ0) is 13.0. The van der Waals surface area contributed by atoms with Gasteiger partial charge in [-0.25, -0.2) is 9.97 Å². The van der Waals surface area contributed by atoms with Gasteiger partial charge in [0.2, 0.25) is 0 Å². The number of hydrogen-bond acceptors (Lipinski definition) is 3. The highest BCUT2D eigenvalue weighted by Crippen LogP contribution is 2.21. The molecular formula is C13H12BrN3O. The van der Waals surface area contributed by atoms with Crippen molar-refractivity contribution in [2.24, 2.45) is 0 Å². The van der Waals surface area contributed by atoms with Gasteiger partial charge in [-0.05, 0) is 40.5 Å². The fraction of sp³-hybridized carbons (Fsp3) is 0.154. The highest BCUT2D eigenvalue weighted by molar-refractivity contribution is 9.10. The number of aromatic nitrogens is 2. The summed E-state index contributed by atoms with van der Waals surface area (Å²) in [5, 5.41) is 2.80. The second kappa shape index (κ2) is 5.73. The van der Waals surface area contributed by atoms with Crippen molar-refractivity contribution < 1.29 is 4.79 Å². The van der Waals surface area contributed by atoms with Crippen LogP contribution in [0.2, 0.25) is 0 Å². The van der Waals surface area contributed by atoms with Crippen LogP contribution in [0.15, 0.2) is 41.1 Å². The molecule has 1 heterocycles. The lowest BCUT2D eigenvalue weighted by Crippen LogP contribution is -2.14. The normalized spacial score (nSPS) is 10.1. The van der Waals surface area contributed by atoms with Gasteiger partial charge in [0.05, 0.1) is 5.69 Å². The van der Waals surface area contributed by atoms with Crippen LogP contribution in [0.4, 0.5) is 5.69 Å². The third kappa shape index (κ3) is 2.92. The lowest BCUT2D eigenvalue weighted by atomic mass is 10.2. The molecule has 1 aromatic carbocycles. The third-order valence-corrected chi connectivity index (χ3v) is 3.13. The Labute approximate surface area is 114 Å². The van der Waals surface area contributed by atoms with E-state index in [4.69, 9.17) is 0 Å². The number of nitrogens with zero attached hydrogens (tertiary/aromatic N) is 2. The van der Waals surface area contributed by atoms with E-state index in [-0.39, 0.29) is 5.91 Å². The van der Waals surface area contributed by atoms with E-state index in [1.54, 1.807) is 6.07 Å². The van der Waals surface area contributed by atoms with Crippen LogP contribution >= 0.6 is 15.9 Å². The number of amides is 1. The molecule has 0 spiro atoms. The summed E-state index contributed by atoms with van der Waals surface area (Å²) in [6.45, 7) is 1.98. The molecule has 1 N–H and O–H groups in total. The van der Waals surface area contributed by atoms with Gasteiger partial charge in [-0.1, -0.05) is 19.1 Å². The molecule has 0 aliphatic heterocycles. The molecule has 18 heavy (non-hydrogen) atoms. The van der Waals surface area contributed by atoms with Crippen LogP contribution in [0.5, 0.6) is 0 Å². The number of halogens is 1. The van der Waals surface area contributed by atoms with Gasteiger partial charge in [-0.3, -0.25) is 4.79 Å². The second-order valence-corrected chi connectivity index (χ2v) is 4.54. The lowest BCUT2D eigenvalue weighted by molar-refractivity contribution is 0.102. The first-order valence-electron chi connectivity index (χ1n) is 5.57. The number of hydrogen-bond donors (Lipinski definition) is 1. The summed E-state index contributed by atoms with van der Waals surface area (Å²) in [6.07, 6.45) is 2.19. The van der Waals surface area contributed by atoms with Crippen molar-refractivity contribution >= 4 is 27.5 Å². The molecule has 0 saturated heterocycles. The van der Waals surface area contributed by atoms with Gasteiger partial charge in [-0.15, -0.1) is 0 Å². The number of carbonyl (C=O) groups is 1. The molecule has 0 atom stereocenters. The maximum Gasteiger partial charge on any atom is 0.274 e. The summed E-state index contributed by atoms with van der Waals surface area (Å²) in [5.74, 6) is -0.237. The summed E-state index contributed by atoms with van der Waals surface area (Å²) in [5.41, 5.74) is 1.94. The Morgan fingerprint density at radius 2 is 2.11 bits per heavy atom. The predicted octanol–water partition coefficient (Wildman–Crippen LogP) is 3.05. The van der Waals surface area contributed by atoms with Crippen molar-refractivity contribution in [1.82, 2.24) is 9.97 Å². The quantitative estimate of drug-likeness (QED) is 0.948. The summed E-state index contributed by atoms with van der Waals surface area (Å²) in [6, 6.07) is 9.14. The van der Waals surface area contributed by atoms with Gasteiger partial charge in [0.15, 0.2) is 0 Å². The largest absolute Gasteiger partial charge is 0.320 e. The summed E-state index contributed by atoms with van der Waals surface area (Å²) in [7, 11) is 0. The number of aryl methyl sites for hydroxylation is 1. The minimum Gasteiger partial charge on any atom is -0.320 e. The maximum atomic E-state index is 12.0. The number of para-hydroxylation sites is 1. The second-order valence-electron chi connectivity index (χ2n) is 3.68. The third-order valence-electron chi connectivity index (χ3n) is 2.44. The monoisotopic (exact) mass is 305 g/mol. The molecule has 2 rings (SSSR count). The van der Waals surface area contributed by atoms with Crippen molar-refractivity contribution in [2.45, 2.75) is 13.3 Å². The van der Waals surface area contributed by atoms with E-state index >= 15 is 0 Å². The molecule has 0 aliphatic rings. The Morgan fingerprint density at radius 1 is 1.33 bits per heavy atom. The maximum absolute atomic E-state index is 12.0. The Kier molecular flexibility index (Phi) is 4.04. The fourth-order valence-electron chi connectivity index (χ4n) is 1.46. The molecule has 0 unspecified atom stereocenters. The van der Waals surface area contributed by atoms with Gasteiger partial charge < -0.3 is 5.32 Å². The topological polar surface area (TPSA) is 54.9 Å². The molecule has 1 aromatic heterocycles. The van der Waals surface area contributed by atoms with Gasteiger partial charge in [0.1, 0.15) is 12.0 Å². The predicted molar refractivity (Wildman–Crippen MR) is 73.5 cm³/mol. The zero-order valence-electron chi connectivity index (χ0n) is 9.85. The Bertz CT molecular complexity index is 572. The average molecular weight is 306 g/mol. The SMILES string of the molecule is CCc1cc(C(=O)Nc2ccccc2Br)ncn1. The van der Waals surface area contributed by atoms with Crippen molar-refractivity contribution in [3.05, 3.63) is 52.5 Å². The summed E-state index contributed by atoms with van der Waals surface area (Å²) < 4.78 is 0.836. The molecule has 92 valence electrons. The van der Waals surface area contributed by atoms with E-state index in [0.29, 0.717) is 5.69 Å². The minimum absolute atomic E-state index is 0.237. The molecule has 0 fully saturated rings. The van der Waals surface area contributed by atoms with Gasteiger partial charge >= 0.3 is 0 Å². The fourth-order valence-corrected chi connectivity index (χ4v) is 1.85. The highest BCUT2D eigenvalue weighted by atomic mass is 79.9. The molecule has 0 saturated carbocycles. The van der Waals surface area contributed by atoms with Gasteiger partial charge in [0.25, 0.3) is 5.91 Å². The summed E-state index contributed by atoms with van der Waals surface area (Å²) >= 11 is 3.38. The van der Waals surface area contributed by atoms with Crippen molar-refractivity contribution in [1.29, 1.82) is 0 Å². The zero-order valence-corrected chi connectivity index (χ0v) is 11.4. The van der Waals surface area contributed by atoms with E-state index < -0.39 is 0 Å². The average Bonchev–Trinajstić information content (AvgIpc) is 2.41. The van der Waals surface area contributed by atoms with Crippen LogP contribution in [0.25, 0.3) is 0 Å². The number of carbonyl (C=O) groups excluding carboxylic acids is 1. The van der Waals surface area contributed by atoms with E-state index in [0.717, 1.165) is 22.3 Å².